The van der Waals surface area contributed by atoms with Gasteiger partial charge in [-0.05, 0) is 18.9 Å². The number of nitro groups is 1. The van der Waals surface area contributed by atoms with E-state index in [0.29, 0.717) is 24.1 Å². The minimum atomic E-state index is -0.439. The molecule has 138 valence electrons. The molecule has 3 rings (SSSR count). The number of anilines is 2. The van der Waals surface area contributed by atoms with Crippen molar-refractivity contribution >= 4 is 23.1 Å². The minimum Gasteiger partial charge on any atom is -0.379 e. The van der Waals surface area contributed by atoms with Gasteiger partial charge in [-0.3, -0.25) is 14.9 Å². The maximum absolute atomic E-state index is 12.2. The molecule has 26 heavy (non-hydrogen) atoms. The van der Waals surface area contributed by atoms with Gasteiger partial charge in [0.15, 0.2) is 0 Å². The molecule has 0 saturated heterocycles. The Morgan fingerprint density at radius 1 is 1.23 bits per heavy atom. The van der Waals surface area contributed by atoms with Crippen molar-refractivity contribution in [3.8, 4) is 0 Å². The molecule has 0 aliphatic heterocycles. The lowest BCUT2D eigenvalue weighted by molar-refractivity contribution is -0.384. The Morgan fingerprint density at radius 3 is 2.77 bits per heavy atom. The van der Waals surface area contributed by atoms with E-state index in [1.807, 2.05) is 10.7 Å². The van der Waals surface area contributed by atoms with Crippen molar-refractivity contribution in [2.24, 2.45) is 0 Å². The van der Waals surface area contributed by atoms with Crippen molar-refractivity contribution in [1.29, 1.82) is 0 Å². The minimum absolute atomic E-state index is 0.00304. The predicted octanol–water partition coefficient (Wildman–Crippen LogP) is 3.74. The lowest BCUT2D eigenvalue weighted by atomic mass is 9.96. The number of amides is 1. The van der Waals surface area contributed by atoms with E-state index in [1.54, 1.807) is 24.4 Å². The van der Waals surface area contributed by atoms with Gasteiger partial charge in [-0.2, -0.15) is 5.10 Å². The number of benzene rings is 1. The van der Waals surface area contributed by atoms with Gasteiger partial charge in [0.05, 0.1) is 17.2 Å². The Morgan fingerprint density at radius 2 is 2.00 bits per heavy atom. The summed E-state index contributed by atoms with van der Waals surface area (Å²) in [4.78, 5) is 22.8. The van der Waals surface area contributed by atoms with Crippen LogP contribution >= 0.6 is 0 Å². The van der Waals surface area contributed by atoms with Crippen LogP contribution in [0.15, 0.2) is 36.5 Å². The van der Waals surface area contributed by atoms with Crippen LogP contribution in [-0.2, 0) is 4.79 Å². The number of nitro benzene ring substituents is 1. The average molecular weight is 357 g/mol. The number of para-hydroxylation sites is 2. The molecule has 1 aliphatic rings. The smallest absolute Gasteiger partial charge is 0.292 e. The van der Waals surface area contributed by atoms with Crippen LogP contribution in [0.1, 0.15) is 44.6 Å². The number of carbonyl (C=O) groups excluding carboxylic acids is 1. The standard InChI is InChI=1S/C18H23N5O3/c24-18(11-12-19-15-8-4-5-9-16(15)23(25)26)21-17-10-13-20-22(17)14-6-2-1-3-7-14/h4-5,8-10,13-14,19H,1-3,6-7,11-12H2,(H,21,24). The molecule has 0 spiro atoms. The largest absolute Gasteiger partial charge is 0.379 e. The zero-order chi connectivity index (χ0) is 18.4. The van der Waals surface area contributed by atoms with Gasteiger partial charge in [-0.15, -0.1) is 0 Å². The van der Waals surface area contributed by atoms with Gasteiger partial charge in [0, 0.05) is 25.1 Å². The Labute approximate surface area is 151 Å². The zero-order valence-corrected chi connectivity index (χ0v) is 14.6. The Kier molecular flexibility index (Phi) is 5.83. The van der Waals surface area contributed by atoms with E-state index >= 15 is 0 Å². The van der Waals surface area contributed by atoms with Crippen LogP contribution in [0.4, 0.5) is 17.2 Å². The predicted molar refractivity (Wildman–Crippen MR) is 99.2 cm³/mol. The molecule has 8 heteroatoms. The summed E-state index contributed by atoms with van der Waals surface area (Å²) in [6, 6.07) is 8.56. The van der Waals surface area contributed by atoms with Crippen LogP contribution in [-0.4, -0.2) is 27.2 Å². The third-order valence-electron chi connectivity index (χ3n) is 4.63. The first-order chi connectivity index (χ1) is 12.6. The zero-order valence-electron chi connectivity index (χ0n) is 14.6. The van der Waals surface area contributed by atoms with Crippen molar-refractivity contribution in [1.82, 2.24) is 9.78 Å². The summed E-state index contributed by atoms with van der Waals surface area (Å²) in [5, 5.41) is 21.2. The van der Waals surface area contributed by atoms with Crippen LogP contribution in [0.2, 0.25) is 0 Å². The van der Waals surface area contributed by atoms with Gasteiger partial charge in [-0.25, -0.2) is 4.68 Å². The molecule has 2 N–H and O–H groups in total. The van der Waals surface area contributed by atoms with E-state index in [1.165, 1.54) is 25.3 Å². The molecule has 8 nitrogen and oxygen atoms in total. The summed E-state index contributed by atoms with van der Waals surface area (Å²) in [5.74, 6) is 0.571. The number of nitrogens with one attached hydrogen (secondary N) is 2. The van der Waals surface area contributed by atoms with Crippen LogP contribution in [0.5, 0.6) is 0 Å². The van der Waals surface area contributed by atoms with E-state index in [4.69, 9.17) is 0 Å². The first-order valence-corrected chi connectivity index (χ1v) is 8.96. The second-order valence-corrected chi connectivity index (χ2v) is 6.45. The highest BCUT2D eigenvalue weighted by molar-refractivity contribution is 5.90. The van der Waals surface area contributed by atoms with E-state index in [9.17, 15) is 14.9 Å². The summed E-state index contributed by atoms with van der Waals surface area (Å²) < 4.78 is 1.91. The average Bonchev–Trinajstić information content (AvgIpc) is 3.10. The lowest BCUT2D eigenvalue weighted by Gasteiger charge is -2.23. The number of hydrogen-bond acceptors (Lipinski definition) is 5. The molecule has 0 radical (unpaired) electrons. The molecule has 1 amide bonds. The van der Waals surface area contributed by atoms with Gasteiger partial charge in [0.2, 0.25) is 5.91 Å². The summed E-state index contributed by atoms with van der Waals surface area (Å²) >= 11 is 0. The summed E-state index contributed by atoms with van der Waals surface area (Å²) in [6.07, 6.45) is 7.73. The first kappa shape index (κ1) is 17.9. The molecule has 0 atom stereocenters. The normalized spacial score (nSPS) is 14.8. The van der Waals surface area contributed by atoms with Crippen molar-refractivity contribution in [3.05, 3.63) is 46.6 Å². The lowest BCUT2D eigenvalue weighted by Crippen LogP contribution is -2.21. The number of nitrogens with zero attached hydrogens (tertiary/aromatic N) is 3. The molecule has 1 aromatic carbocycles. The van der Waals surface area contributed by atoms with Gasteiger partial charge in [0.1, 0.15) is 11.5 Å². The number of carbonyl (C=O) groups is 1. The second kappa shape index (κ2) is 8.46. The maximum Gasteiger partial charge on any atom is 0.292 e. The van der Waals surface area contributed by atoms with Crippen molar-refractivity contribution < 1.29 is 9.72 Å². The highest BCUT2D eigenvalue weighted by atomic mass is 16.6. The summed E-state index contributed by atoms with van der Waals surface area (Å²) in [7, 11) is 0. The van der Waals surface area contributed by atoms with Gasteiger partial charge in [0.25, 0.3) is 5.69 Å². The van der Waals surface area contributed by atoms with Crippen molar-refractivity contribution in [2.45, 2.75) is 44.6 Å². The molecule has 1 heterocycles. The topological polar surface area (TPSA) is 102 Å². The Hall–Kier alpha value is -2.90. The second-order valence-electron chi connectivity index (χ2n) is 6.45. The van der Waals surface area contributed by atoms with Gasteiger partial charge >= 0.3 is 0 Å². The van der Waals surface area contributed by atoms with E-state index in [0.717, 1.165) is 12.8 Å². The number of hydrogen-bond donors (Lipinski definition) is 2. The maximum atomic E-state index is 12.2. The molecular formula is C18H23N5O3. The van der Waals surface area contributed by atoms with Crippen LogP contribution in [0, 0.1) is 10.1 Å². The Bertz CT molecular complexity index is 768. The quantitative estimate of drug-likeness (QED) is 0.580. The fraction of sp³-hybridized carbons (Fsp3) is 0.444. The number of aromatic nitrogens is 2. The van der Waals surface area contributed by atoms with E-state index < -0.39 is 4.92 Å². The monoisotopic (exact) mass is 357 g/mol. The molecule has 0 unspecified atom stereocenters. The van der Waals surface area contributed by atoms with Crippen LogP contribution in [0.25, 0.3) is 0 Å². The SMILES string of the molecule is O=C(CCNc1ccccc1[N+](=O)[O-])Nc1ccnn1C1CCCCC1. The van der Waals surface area contributed by atoms with Crippen molar-refractivity contribution in [3.63, 3.8) is 0 Å². The number of rotatable bonds is 7. The first-order valence-electron chi connectivity index (χ1n) is 8.96. The highest BCUT2D eigenvalue weighted by Crippen LogP contribution is 2.30. The fourth-order valence-corrected chi connectivity index (χ4v) is 3.33. The third-order valence-corrected chi connectivity index (χ3v) is 4.63. The van der Waals surface area contributed by atoms with Gasteiger partial charge < -0.3 is 10.6 Å². The molecule has 0 bridgehead atoms. The van der Waals surface area contributed by atoms with Gasteiger partial charge in [-0.1, -0.05) is 31.4 Å². The van der Waals surface area contributed by atoms with Crippen LogP contribution < -0.4 is 10.6 Å². The molecule has 1 aliphatic carbocycles. The molecule has 1 saturated carbocycles. The van der Waals surface area contributed by atoms with Crippen molar-refractivity contribution in [2.75, 3.05) is 17.2 Å². The highest BCUT2D eigenvalue weighted by Gasteiger charge is 2.19. The Balaban J connectivity index is 1.52. The summed E-state index contributed by atoms with van der Waals surface area (Å²) in [6.45, 7) is 0.314. The van der Waals surface area contributed by atoms with Crippen LogP contribution in [0.3, 0.4) is 0 Å². The van der Waals surface area contributed by atoms with E-state index in [2.05, 4.69) is 15.7 Å². The fourth-order valence-electron chi connectivity index (χ4n) is 3.33. The molecule has 1 fully saturated rings. The molecule has 1 aromatic heterocycles. The third kappa shape index (κ3) is 4.38. The molecule has 2 aromatic rings. The summed E-state index contributed by atoms with van der Waals surface area (Å²) in [5.41, 5.74) is 0.417. The molecular weight excluding hydrogens is 334 g/mol. The van der Waals surface area contributed by atoms with E-state index in [-0.39, 0.29) is 18.0 Å².